The molecule has 0 aliphatic rings. The van der Waals surface area contributed by atoms with Crippen LogP contribution in [0.5, 0.6) is 5.75 Å². The second-order valence-corrected chi connectivity index (χ2v) is 7.84. The number of benzene rings is 2. The standard InChI is InChI=1S/C21H18ClF3N4O2S/c1-2-10-29-18(12-31-17-8-6-15(22)7-9-17)27-28-20(29)32-13-19(30)26-16-5-3-4-14(11-16)21(23,24)25/h2-9,11H,1,10,12-13H2,(H,26,30). The third kappa shape index (κ3) is 6.51. The fourth-order valence-electron chi connectivity index (χ4n) is 2.62. The summed E-state index contributed by atoms with van der Waals surface area (Å²) in [6.07, 6.45) is -2.83. The van der Waals surface area contributed by atoms with Gasteiger partial charge in [0.05, 0.1) is 11.3 Å². The molecule has 1 amide bonds. The third-order valence-electron chi connectivity index (χ3n) is 4.09. The first-order valence-electron chi connectivity index (χ1n) is 9.27. The van der Waals surface area contributed by atoms with E-state index in [0.717, 1.165) is 23.9 Å². The second kappa shape index (κ2) is 10.6. The van der Waals surface area contributed by atoms with Crippen LogP contribution < -0.4 is 10.1 Å². The Morgan fingerprint density at radius 3 is 2.66 bits per heavy atom. The molecule has 1 heterocycles. The van der Waals surface area contributed by atoms with Gasteiger partial charge in [-0.25, -0.2) is 0 Å². The lowest BCUT2D eigenvalue weighted by Crippen LogP contribution is -2.15. The fourth-order valence-corrected chi connectivity index (χ4v) is 3.52. The topological polar surface area (TPSA) is 69.0 Å². The number of carbonyl (C=O) groups is 1. The van der Waals surface area contributed by atoms with Crippen molar-refractivity contribution in [1.29, 1.82) is 0 Å². The van der Waals surface area contributed by atoms with Gasteiger partial charge in [-0.1, -0.05) is 35.5 Å². The Bertz CT molecular complexity index is 1090. The summed E-state index contributed by atoms with van der Waals surface area (Å²) in [6, 6.07) is 11.3. The average molecular weight is 483 g/mol. The molecule has 0 bridgehead atoms. The monoisotopic (exact) mass is 482 g/mol. The summed E-state index contributed by atoms with van der Waals surface area (Å²) in [7, 11) is 0. The van der Waals surface area contributed by atoms with Gasteiger partial charge in [0.25, 0.3) is 0 Å². The third-order valence-corrected chi connectivity index (χ3v) is 5.31. The van der Waals surface area contributed by atoms with E-state index in [1.165, 1.54) is 12.1 Å². The van der Waals surface area contributed by atoms with Crippen LogP contribution in [0.15, 0.2) is 66.3 Å². The van der Waals surface area contributed by atoms with Gasteiger partial charge in [0.1, 0.15) is 12.4 Å². The number of nitrogens with one attached hydrogen (secondary N) is 1. The molecule has 11 heteroatoms. The predicted molar refractivity (Wildman–Crippen MR) is 117 cm³/mol. The van der Waals surface area contributed by atoms with Gasteiger partial charge in [0, 0.05) is 17.3 Å². The number of carbonyl (C=O) groups excluding carboxylic acids is 1. The summed E-state index contributed by atoms with van der Waals surface area (Å²) in [4.78, 5) is 12.2. The maximum Gasteiger partial charge on any atom is 0.416 e. The van der Waals surface area contributed by atoms with E-state index < -0.39 is 17.6 Å². The van der Waals surface area contributed by atoms with Crippen molar-refractivity contribution in [2.75, 3.05) is 11.1 Å². The van der Waals surface area contributed by atoms with Crippen LogP contribution in [0.4, 0.5) is 18.9 Å². The minimum atomic E-state index is -4.49. The summed E-state index contributed by atoms with van der Waals surface area (Å²) >= 11 is 6.96. The van der Waals surface area contributed by atoms with E-state index >= 15 is 0 Å². The Morgan fingerprint density at radius 1 is 1.22 bits per heavy atom. The highest BCUT2D eigenvalue weighted by atomic mass is 35.5. The van der Waals surface area contributed by atoms with E-state index in [1.54, 1.807) is 34.9 Å². The summed E-state index contributed by atoms with van der Waals surface area (Å²) in [6.45, 7) is 4.24. The lowest BCUT2D eigenvalue weighted by atomic mass is 10.2. The van der Waals surface area contributed by atoms with Crippen molar-refractivity contribution in [3.05, 3.63) is 77.6 Å². The highest BCUT2D eigenvalue weighted by molar-refractivity contribution is 7.99. The predicted octanol–water partition coefficient (Wildman–Crippen LogP) is 5.45. The Kier molecular flexibility index (Phi) is 7.81. The molecule has 2 aromatic carbocycles. The van der Waals surface area contributed by atoms with Gasteiger partial charge in [0.2, 0.25) is 5.91 Å². The Morgan fingerprint density at radius 2 is 1.97 bits per heavy atom. The van der Waals surface area contributed by atoms with Crippen molar-refractivity contribution in [1.82, 2.24) is 14.8 Å². The van der Waals surface area contributed by atoms with Gasteiger partial charge in [-0.3, -0.25) is 9.36 Å². The van der Waals surface area contributed by atoms with Crippen LogP contribution in [-0.4, -0.2) is 26.4 Å². The van der Waals surface area contributed by atoms with Crippen LogP contribution in [0.1, 0.15) is 11.4 Å². The SMILES string of the molecule is C=CCn1c(COc2ccc(Cl)cc2)nnc1SCC(=O)Nc1cccc(C(F)(F)F)c1. The van der Waals surface area contributed by atoms with E-state index in [9.17, 15) is 18.0 Å². The molecule has 0 saturated carbocycles. The molecule has 168 valence electrons. The summed E-state index contributed by atoms with van der Waals surface area (Å²) < 4.78 is 45.9. The quantitative estimate of drug-likeness (QED) is 0.324. The molecular formula is C21H18ClF3N4O2S. The zero-order chi connectivity index (χ0) is 23.1. The summed E-state index contributed by atoms with van der Waals surface area (Å²) in [5.74, 6) is 0.600. The van der Waals surface area contributed by atoms with Crippen molar-refractivity contribution in [2.24, 2.45) is 0 Å². The summed E-state index contributed by atoms with van der Waals surface area (Å²) in [5.41, 5.74) is -0.769. The number of anilines is 1. The number of amides is 1. The maximum absolute atomic E-state index is 12.8. The van der Waals surface area contributed by atoms with Gasteiger partial charge in [0.15, 0.2) is 11.0 Å². The highest BCUT2D eigenvalue weighted by Crippen LogP contribution is 2.30. The zero-order valence-electron chi connectivity index (χ0n) is 16.6. The van der Waals surface area contributed by atoms with Crippen molar-refractivity contribution in [3.63, 3.8) is 0 Å². The number of halogens is 4. The van der Waals surface area contributed by atoms with Crippen LogP contribution in [-0.2, 0) is 24.1 Å². The molecule has 6 nitrogen and oxygen atoms in total. The molecule has 0 aliphatic carbocycles. The van der Waals surface area contributed by atoms with E-state index in [1.807, 2.05) is 0 Å². The van der Waals surface area contributed by atoms with Crippen LogP contribution in [0, 0.1) is 0 Å². The van der Waals surface area contributed by atoms with Crippen LogP contribution in [0.25, 0.3) is 0 Å². The molecular weight excluding hydrogens is 465 g/mol. The smallest absolute Gasteiger partial charge is 0.416 e. The number of thioether (sulfide) groups is 1. The number of rotatable bonds is 9. The van der Waals surface area contributed by atoms with Crippen LogP contribution in [0.3, 0.4) is 0 Å². The molecule has 32 heavy (non-hydrogen) atoms. The zero-order valence-corrected chi connectivity index (χ0v) is 18.2. The van der Waals surface area contributed by atoms with Gasteiger partial charge < -0.3 is 10.1 Å². The van der Waals surface area contributed by atoms with Crippen molar-refractivity contribution >= 4 is 35.0 Å². The number of hydrogen-bond donors (Lipinski definition) is 1. The van der Waals surface area contributed by atoms with Gasteiger partial charge >= 0.3 is 6.18 Å². The molecule has 0 unspecified atom stereocenters. The number of ether oxygens (including phenoxy) is 1. The first kappa shape index (κ1) is 23.7. The molecule has 0 radical (unpaired) electrons. The fraction of sp³-hybridized carbons (Fsp3) is 0.190. The second-order valence-electron chi connectivity index (χ2n) is 6.46. The number of allylic oxidation sites excluding steroid dienone is 1. The Balaban J connectivity index is 1.61. The van der Waals surface area contributed by atoms with E-state index in [0.29, 0.717) is 28.3 Å². The first-order chi connectivity index (χ1) is 15.3. The Hall–Kier alpha value is -2.98. The van der Waals surface area contributed by atoms with Gasteiger partial charge in [-0.2, -0.15) is 13.2 Å². The number of hydrogen-bond acceptors (Lipinski definition) is 5. The van der Waals surface area contributed by atoms with Crippen molar-refractivity contribution in [2.45, 2.75) is 24.5 Å². The minimum Gasteiger partial charge on any atom is -0.486 e. The minimum absolute atomic E-state index is 0.0648. The molecule has 0 atom stereocenters. The number of nitrogens with zero attached hydrogens (tertiary/aromatic N) is 3. The van der Waals surface area contributed by atoms with E-state index in [-0.39, 0.29) is 18.0 Å². The molecule has 0 aliphatic heterocycles. The van der Waals surface area contributed by atoms with Gasteiger partial charge in [-0.05, 0) is 42.5 Å². The molecule has 3 aromatic rings. The number of aromatic nitrogens is 3. The lowest BCUT2D eigenvalue weighted by Gasteiger charge is -2.10. The van der Waals surface area contributed by atoms with Crippen molar-refractivity contribution < 1.29 is 22.7 Å². The molecule has 1 aromatic heterocycles. The van der Waals surface area contributed by atoms with Crippen LogP contribution in [0.2, 0.25) is 5.02 Å². The molecule has 0 fully saturated rings. The average Bonchev–Trinajstić information content (AvgIpc) is 3.13. The first-order valence-corrected chi connectivity index (χ1v) is 10.6. The van der Waals surface area contributed by atoms with E-state index in [2.05, 4.69) is 22.1 Å². The number of alkyl halides is 3. The largest absolute Gasteiger partial charge is 0.486 e. The normalized spacial score (nSPS) is 11.2. The maximum atomic E-state index is 12.8. The molecule has 0 spiro atoms. The van der Waals surface area contributed by atoms with Gasteiger partial charge in [-0.15, -0.1) is 16.8 Å². The van der Waals surface area contributed by atoms with E-state index in [4.69, 9.17) is 16.3 Å². The molecule has 0 saturated heterocycles. The highest BCUT2D eigenvalue weighted by Gasteiger charge is 2.30. The summed E-state index contributed by atoms with van der Waals surface area (Å²) in [5, 5.41) is 11.7. The Labute approximate surface area is 191 Å². The molecule has 1 N–H and O–H groups in total. The van der Waals surface area contributed by atoms with Crippen molar-refractivity contribution in [3.8, 4) is 5.75 Å². The molecule has 3 rings (SSSR count). The van der Waals surface area contributed by atoms with Crippen LogP contribution >= 0.6 is 23.4 Å². The lowest BCUT2D eigenvalue weighted by molar-refractivity contribution is -0.137.